The molecular weight excluding hydrogens is 188 g/mol. The minimum atomic E-state index is -1.32. The normalized spacial score (nSPS) is 44.2. The molecule has 0 amide bonds. The Bertz CT molecular complexity index is 191. The monoisotopic (exact) mass is 204 g/mol. The molecule has 0 aliphatic carbocycles. The van der Waals surface area contributed by atoms with Crippen LogP contribution in [0.2, 0.25) is 0 Å². The standard InChI is InChI=1S/C9H16O5/c1-3-4-13-8-6(10)5(2)14-9(12)7(8)11/h3-12H,1-2H3/t5-,6+,7-,8+,9+/m0/s1. The molecule has 0 spiro atoms. The van der Waals surface area contributed by atoms with E-state index in [1.54, 1.807) is 19.9 Å². The van der Waals surface area contributed by atoms with E-state index in [4.69, 9.17) is 9.47 Å². The van der Waals surface area contributed by atoms with Crippen molar-refractivity contribution in [3.8, 4) is 0 Å². The minimum absolute atomic E-state index is 0.566. The van der Waals surface area contributed by atoms with Crippen molar-refractivity contribution in [1.29, 1.82) is 0 Å². The molecule has 5 atom stereocenters. The average molecular weight is 204 g/mol. The van der Waals surface area contributed by atoms with E-state index < -0.39 is 30.7 Å². The van der Waals surface area contributed by atoms with Gasteiger partial charge in [0.25, 0.3) is 0 Å². The van der Waals surface area contributed by atoms with Crippen LogP contribution in [-0.2, 0) is 9.47 Å². The highest BCUT2D eigenvalue weighted by atomic mass is 16.6. The number of hydrogen-bond donors (Lipinski definition) is 3. The maximum atomic E-state index is 9.60. The molecule has 0 aromatic rings. The van der Waals surface area contributed by atoms with Gasteiger partial charge in [-0.25, -0.2) is 0 Å². The summed E-state index contributed by atoms with van der Waals surface area (Å²) in [6, 6.07) is 0. The molecule has 1 heterocycles. The van der Waals surface area contributed by atoms with Crippen LogP contribution in [0.5, 0.6) is 0 Å². The first-order valence-corrected chi connectivity index (χ1v) is 4.54. The van der Waals surface area contributed by atoms with Crippen LogP contribution in [0, 0.1) is 0 Å². The first kappa shape index (κ1) is 11.5. The van der Waals surface area contributed by atoms with Crippen molar-refractivity contribution in [2.45, 2.75) is 44.6 Å². The highest BCUT2D eigenvalue weighted by Gasteiger charge is 2.43. The molecule has 0 unspecified atom stereocenters. The van der Waals surface area contributed by atoms with E-state index in [2.05, 4.69) is 0 Å². The fourth-order valence-electron chi connectivity index (χ4n) is 1.34. The predicted molar refractivity (Wildman–Crippen MR) is 48.3 cm³/mol. The topological polar surface area (TPSA) is 79.2 Å². The summed E-state index contributed by atoms with van der Waals surface area (Å²) in [7, 11) is 0. The second-order valence-corrected chi connectivity index (χ2v) is 3.28. The smallest absolute Gasteiger partial charge is 0.185 e. The first-order chi connectivity index (χ1) is 6.57. The summed E-state index contributed by atoms with van der Waals surface area (Å²) in [5.74, 6) is 0. The number of allylic oxidation sites excluding steroid dienone is 1. The first-order valence-electron chi connectivity index (χ1n) is 4.54. The maximum Gasteiger partial charge on any atom is 0.185 e. The van der Waals surface area contributed by atoms with Crippen LogP contribution in [0.4, 0.5) is 0 Å². The molecule has 0 saturated carbocycles. The summed E-state index contributed by atoms with van der Waals surface area (Å²) in [5.41, 5.74) is 0. The Hall–Kier alpha value is -0.620. The Balaban J connectivity index is 2.66. The lowest BCUT2D eigenvalue weighted by Gasteiger charge is -2.38. The SMILES string of the molecule is CC=CO[C@@H]1[C@H](O)[C@H](C)O[C@@H](O)[C@H]1O. The molecule has 0 radical (unpaired) electrons. The van der Waals surface area contributed by atoms with Gasteiger partial charge in [-0.2, -0.15) is 0 Å². The molecule has 82 valence electrons. The van der Waals surface area contributed by atoms with Crippen molar-refractivity contribution in [3.63, 3.8) is 0 Å². The zero-order valence-electron chi connectivity index (χ0n) is 8.20. The lowest BCUT2D eigenvalue weighted by atomic mass is 10.00. The van der Waals surface area contributed by atoms with Crippen molar-refractivity contribution < 1.29 is 24.8 Å². The molecule has 1 aliphatic rings. The number of aliphatic hydroxyl groups is 3. The van der Waals surface area contributed by atoms with Crippen LogP contribution in [0.25, 0.3) is 0 Å². The van der Waals surface area contributed by atoms with Crippen molar-refractivity contribution in [2.24, 2.45) is 0 Å². The highest BCUT2D eigenvalue weighted by Crippen LogP contribution is 2.22. The van der Waals surface area contributed by atoms with Gasteiger partial charge in [-0.1, -0.05) is 6.08 Å². The van der Waals surface area contributed by atoms with E-state index in [1.165, 1.54) is 6.26 Å². The summed E-state index contributed by atoms with van der Waals surface area (Å²) in [6.07, 6.45) is -1.94. The van der Waals surface area contributed by atoms with Gasteiger partial charge in [0, 0.05) is 0 Å². The maximum absolute atomic E-state index is 9.60. The molecular formula is C9H16O5. The van der Waals surface area contributed by atoms with Crippen molar-refractivity contribution in [1.82, 2.24) is 0 Å². The zero-order valence-corrected chi connectivity index (χ0v) is 8.20. The van der Waals surface area contributed by atoms with Crippen LogP contribution >= 0.6 is 0 Å². The second kappa shape index (κ2) is 4.75. The van der Waals surface area contributed by atoms with Crippen molar-refractivity contribution in [2.75, 3.05) is 0 Å². The fourth-order valence-corrected chi connectivity index (χ4v) is 1.34. The molecule has 14 heavy (non-hydrogen) atoms. The molecule has 1 fully saturated rings. The largest absolute Gasteiger partial charge is 0.493 e. The number of ether oxygens (including phenoxy) is 2. The molecule has 1 rings (SSSR count). The molecule has 3 N–H and O–H groups in total. The van der Waals surface area contributed by atoms with Crippen LogP contribution in [0.3, 0.4) is 0 Å². The summed E-state index contributed by atoms with van der Waals surface area (Å²) in [6.45, 7) is 3.35. The van der Waals surface area contributed by atoms with Gasteiger partial charge in [0.15, 0.2) is 12.4 Å². The van der Waals surface area contributed by atoms with E-state index in [0.29, 0.717) is 0 Å². The minimum Gasteiger partial charge on any atom is -0.493 e. The van der Waals surface area contributed by atoms with E-state index in [1.807, 2.05) is 0 Å². The zero-order chi connectivity index (χ0) is 10.7. The van der Waals surface area contributed by atoms with Crippen LogP contribution in [0.15, 0.2) is 12.3 Å². The number of aliphatic hydroxyl groups excluding tert-OH is 3. The highest BCUT2D eigenvalue weighted by molar-refractivity contribution is 4.89. The van der Waals surface area contributed by atoms with Gasteiger partial charge in [0.05, 0.1) is 12.4 Å². The Morgan fingerprint density at radius 2 is 1.86 bits per heavy atom. The number of rotatable bonds is 2. The predicted octanol–water partition coefficient (Wildman–Crippen LogP) is -0.636. The Morgan fingerprint density at radius 3 is 2.43 bits per heavy atom. The molecule has 5 nitrogen and oxygen atoms in total. The molecule has 0 bridgehead atoms. The molecule has 5 heteroatoms. The summed E-state index contributed by atoms with van der Waals surface area (Å²) in [4.78, 5) is 0. The third-order valence-electron chi connectivity index (χ3n) is 2.17. The van der Waals surface area contributed by atoms with Crippen LogP contribution < -0.4 is 0 Å². The van der Waals surface area contributed by atoms with Gasteiger partial charge in [-0.05, 0) is 13.8 Å². The summed E-state index contributed by atoms with van der Waals surface area (Å²) in [5, 5.41) is 28.3. The quantitative estimate of drug-likeness (QED) is 0.522. The Morgan fingerprint density at radius 1 is 1.21 bits per heavy atom. The third kappa shape index (κ3) is 2.24. The Kier molecular flexibility index (Phi) is 3.88. The second-order valence-electron chi connectivity index (χ2n) is 3.28. The summed E-state index contributed by atoms with van der Waals surface area (Å²) >= 11 is 0. The molecule has 1 aliphatic heterocycles. The Labute approximate surface area is 82.6 Å². The van der Waals surface area contributed by atoms with E-state index in [0.717, 1.165) is 0 Å². The fraction of sp³-hybridized carbons (Fsp3) is 0.778. The van der Waals surface area contributed by atoms with Gasteiger partial charge in [0.2, 0.25) is 0 Å². The van der Waals surface area contributed by atoms with Gasteiger partial charge in [-0.15, -0.1) is 0 Å². The van der Waals surface area contributed by atoms with Gasteiger partial charge in [-0.3, -0.25) is 0 Å². The molecule has 0 aromatic heterocycles. The number of hydrogen-bond acceptors (Lipinski definition) is 5. The van der Waals surface area contributed by atoms with E-state index in [9.17, 15) is 15.3 Å². The molecule has 0 aromatic carbocycles. The lowest BCUT2D eigenvalue weighted by molar-refractivity contribution is -0.278. The summed E-state index contributed by atoms with van der Waals surface area (Å²) < 4.78 is 9.95. The van der Waals surface area contributed by atoms with Crippen molar-refractivity contribution >= 4 is 0 Å². The van der Waals surface area contributed by atoms with E-state index >= 15 is 0 Å². The van der Waals surface area contributed by atoms with Gasteiger partial charge in [0.1, 0.15) is 12.2 Å². The van der Waals surface area contributed by atoms with E-state index in [-0.39, 0.29) is 0 Å². The average Bonchev–Trinajstić information content (AvgIpc) is 2.15. The lowest BCUT2D eigenvalue weighted by Crippen LogP contribution is -2.57. The van der Waals surface area contributed by atoms with Gasteiger partial charge < -0.3 is 24.8 Å². The van der Waals surface area contributed by atoms with Crippen LogP contribution in [-0.4, -0.2) is 46.0 Å². The van der Waals surface area contributed by atoms with Gasteiger partial charge >= 0.3 is 0 Å². The van der Waals surface area contributed by atoms with Crippen LogP contribution in [0.1, 0.15) is 13.8 Å². The third-order valence-corrected chi connectivity index (χ3v) is 2.17. The van der Waals surface area contributed by atoms with Crippen molar-refractivity contribution in [3.05, 3.63) is 12.3 Å². The molecule has 1 saturated heterocycles.